The molecule has 8 heteroatoms. The molecule has 0 bridgehead atoms. The number of ether oxygens (including phenoxy) is 1. The molecule has 1 aromatic heterocycles. The smallest absolute Gasteiger partial charge is 0.357 e. The molecule has 110 valence electrons. The highest BCUT2D eigenvalue weighted by atomic mass is 127. The second-order valence-corrected chi connectivity index (χ2v) is 5.34. The van der Waals surface area contributed by atoms with Crippen LogP contribution in [0.5, 0.6) is 0 Å². The Morgan fingerprint density at radius 2 is 2.05 bits per heavy atom. The van der Waals surface area contributed by atoms with Crippen molar-refractivity contribution in [1.29, 1.82) is 0 Å². The van der Waals surface area contributed by atoms with Crippen LogP contribution in [0.2, 0.25) is 0 Å². The average molecular weight is 405 g/mol. The number of methoxy groups -OCH3 is 1. The number of aromatic nitrogens is 2. The Kier molecular flexibility index (Phi) is 4.76. The zero-order chi connectivity index (χ0) is 15.5. The number of allylic oxidation sites excluding steroid dienone is 3. The number of carbonyl (C=O) groups is 1. The van der Waals surface area contributed by atoms with Gasteiger partial charge in [0.05, 0.1) is 12.7 Å². The van der Waals surface area contributed by atoms with Crippen LogP contribution in [0.1, 0.15) is 12.2 Å². The normalized spacial score (nSPS) is 15.5. The number of alkyl halides is 3. The number of halogens is 3. The summed E-state index contributed by atoms with van der Waals surface area (Å²) in [7, 11) is 1.16. The van der Waals surface area contributed by atoms with Crippen LogP contribution in [0.4, 0.5) is 8.78 Å². The largest absolute Gasteiger partial charge is 0.464 e. The van der Waals surface area contributed by atoms with Gasteiger partial charge in [-0.25, -0.2) is 19.8 Å². The number of rotatable bonds is 3. The van der Waals surface area contributed by atoms with Crippen molar-refractivity contribution in [2.45, 2.75) is 10.4 Å². The summed E-state index contributed by atoms with van der Waals surface area (Å²) in [6.07, 6.45) is 5.89. The van der Waals surface area contributed by atoms with Gasteiger partial charge in [-0.15, -0.1) is 0 Å². The second-order valence-electron chi connectivity index (χ2n) is 3.99. The third-order valence-corrected chi connectivity index (χ3v) is 3.23. The Hall–Kier alpha value is -1.71. The first-order valence-corrected chi connectivity index (χ1v) is 6.92. The Morgan fingerprint density at radius 3 is 2.62 bits per heavy atom. The third kappa shape index (κ3) is 3.69. The molecule has 1 aliphatic rings. The van der Waals surface area contributed by atoms with Crippen LogP contribution < -0.4 is 0 Å². The number of hydrogen-bond acceptors (Lipinski definition) is 5. The van der Waals surface area contributed by atoms with E-state index in [4.69, 9.17) is 0 Å². The maximum Gasteiger partial charge on any atom is 0.357 e. The first kappa shape index (κ1) is 15.7. The van der Waals surface area contributed by atoms with Gasteiger partial charge in [0.2, 0.25) is 0 Å². The van der Waals surface area contributed by atoms with E-state index in [1.165, 1.54) is 24.5 Å². The molecule has 0 spiro atoms. The van der Waals surface area contributed by atoms with Gasteiger partial charge in [-0.3, -0.25) is 0 Å². The minimum Gasteiger partial charge on any atom is -0.464 e. The van der Waals surface area contributed by atoms with Crippen molar-refractivity contribution in [2.75, 3.05) is 7.11 Å². The van der Waals surface area contributed by atoms with Gasteiger partial charge in [-0.05, 0) is 6.07 Å². The molecule has 2 heterocycles. The average Bonchev–Trinajstić information content (AvgIpc) is 2.70. The number of nitrogens with zero attached hydrogens (tertiary/aromatic N) is 3. The first-order chi connectivity index (χ1) is 9.93. The van der Waals surface area contributed by atoms with Crippen molar-refractivity contribution in [3.05, 3.63) is 42.1 Å². The molecular weight excluding hydrogens is 395 g/mol. The zero-order valence-corrected chi connectivity index (χ0v) is 13.0. The van der Waals surface area contributed by atoms with E-state index in [0.717, 1.165) is 29.7 Å². The van der Waals surface area contributed by atoms with E-state index < -0.39 is 15.6 Å². The summed E-state index contributed by atoms with van der Waals surface area (Å²) in [5, 5.41) is 0. The molecule has 0 atom stereocenters. The highest BCUT2D eigenvalue weighted by Gasteiger charge is 2.33. The van der Waals surface area contributed by atoms with Crippen molar-refractivity contribution < 1.29 is 18.3 Å². The fraction of sp³-hybridized carbons (Fsp3) is 0.231. The molecular formula is C13H10F2IN3O2. The molecule has 1 aromatic rings. The third-order valence-electron chi connectivity index (χ3n) is 2.61. The van der Waals surface area contributed by atoms with Crippen LogP contribution in [-0.4, -0.2) is 32.7 Å². The molecule has 0 aliphatic carbocycles. The van der Waals surface area contributed by atoms with Gasteiger partial charge >= 0.3 is 9.90 Å². The van der Waals surface area contributed by atoms with Crippen LogP contribution in [0.25, 0.3) is 5.57 Å². The van der Waals surface area contributed by atoms with E-state index in [2.05, 4.69) is 19.7 Å². The summed E-state index contributed by atoms with van der Waals surface area (Å²) in [5.41, 5.74) is -0.410. The Labute approximate surface area is 133 Å². The lowest BCUT2D eigenvalue weighted by Gasteiger charge is -2.10. The molecule has 0 radical (unpaired) electrons. The lowest BCUT2D eigenvalue weighted by atomic mass is 10.1. The van der Waals surface area contributed by atoms with E-state index >= 15 is 0 Å². The van der Waals surface area contributed by atoms with Crippen LogP contribution in [0, 0.1) is 0 Å². The molecule has 21 heavy (non-hydrogen) atoms. The van der Waals surface area contributed by atoms with Crippen LogP contribution in [0.3, 0.4) is 0 Å². The molecule has 0 aromatic carbocycles. The molecule has 0 saturated carbocycles. The lowest BCUT2D eigenvalue weighted by molar-refractivity contribution is -0.136. The Morgan fingerprint density at radius 1 is 1.38 bits per heavy atom. The Bertz CT molecular complexity index is 637. The van der Waals surface area contributed by atoms with Gasteiger partial charge in [-0.1, -0.05) is 12.2 Å². The van der Waals surface area contributed by atoms with Gasteiger partial charge in [0.1, 0.15) is 5.71 Å². The Balaban J connectivity index is 2.63. The van der Waals surface area contributed by atoms with Gasteiger partial charge in [-0.2, -0.15) is 8.78 Å². The maximum absolute atomic E-state index is 13.5. The van der Waals surface area contributed by atoms with Gasteiger partial charge in [0.25, 0.3) is 0 Å². The molecule has 5 nitrogen and oxygen atoms in total. The monoisotopic (exact) mass is 405 g/mol. The van der Waals surface area contributed by atoms with Gasteiger partial charge in [0, 0.05) is 41.4 Å². The molecule has 2 rings (SSSR count). The molecule has 0 amide bonds. The fourth-order valence-corrected chi connectivity index (χ4v) is 2.00. The molecule has 0 N–H and O–H groups in total. The fourth-order valence-electron chi connectivity index (χ4n) is 1.66. The van der Waals surface area contributed by atoms with E-state index in [-0.39, 0.29) is 23.5 Å². The highest BCUT2D eigenvalue weighted by Crippen LogP contribution is 2.31. The second kappa shape index (κ2) is 6.37. The summed E-state index contributed by atoms with van der Waals surface area (Å²) in [4.78, 5) is 23.7. The molecule has 0 fully saturated rings. The summed E-state index contributed by atoms with van der Waals surface area (Å²) in [5.74, 6) is -0.599. The van der Waals surface area contributed by atoms with Crippen molar-refractivity contribution in [3.63, 3.8) is 0 Å². The van der Waals surface area contributed by atoms with Crippen LogP contribution >= 0.6 is 22.6 Å². The molecule has 1 aliphatic heterocycles. The van der Waals surface area contributed by atoms with Crippen molar-refractivity contribution in [2.24, 2.45) is 4.99 Å². The number of aliphatic imine (C=N–C) groups is 1. The first-order valence-electron chi connectivity index (χ1n) is 5.84. The minimum atomic E-state index is -3.16. The highest BCUT2D eigenvalue weighted by molar-refractivity contribution is 14.1. The minimum absolute atomic E-state index is 0.0766. The quantitative estimate of drug-likeness (QED) is 0.441. The van der Waals surface area contributed by atoms with Crippen molar-refractivity contribution in [3.8, 4) is 0 Å². The summed E-state index contributed by atoms with van der Waals surface area (Å²) in [6, 6.07) is 1.61. The summed E-state index contributed by atoms with van der Waals surface area (Å²) >= 11 is 0.976. The van der Waals surface area contributed by atoms with Crippen LogP contribution in [0.15, 0.2) is 41.3 Å². The predicted molar refractivity (Wildman–Crippen MR) is 81.1 cm³/mol. The summed E-state index contributed by atoms with van der Waals surface area (Å²) in [6.45, 7) is 0. The summed E-state index contributed by atoms with van der Waals surface area (Å²) < 4.78 is 28.4. The van der Waals surface area contributed by atoms with E-state index in [0.29, 0.717) is 0 Å². The number of hydrogen-bond donors (Lipinski definition) is 0. The van der Waals surface area contributed by atoms with Gasteiger partial charge in [0.15, 0.2) is 11.5 Å². The lowest BCUT2D eigenvalue weighted by Crippen LogP contribution is -2.21. The zero-order valence-electron chi connectivity index (χ0n) is 10.9. The van der Waals surface area contributed by atoms with E-state index in [1.54, 1.807) is 6.07 Å². The topological polar surface area (TPSA) is 64.4 Å². The SMILES string of the molecule is COC(=O)C1=C(c2ncccn2)C=CCC(C(F)(F)I)=N1. The van der Waals surface area contributed by atoms with Gasteiger partial charge < -0.3 is 4.74 Å². The van der Waals surface area contributed by atoms with Crippen molar-refractivity contribution >= 4 is 39.8 Å². The van der Waals surface area contributed by atoms with Crippen molar-refractivity contribution in [1.82, 2.24) is 9.97 Å². The number of esters is 1. The number of carbonyl (C=O) groups excluding carboxylic acids is 1. The van der Waals surface area contributed by atoms with Crippen LogP contribution in [-0.2, 0) is 9.53 Å². The molecule has 0 unspecified atom stereocenters. The standard InChI is InChI=1S/C13H10F2IN3O2/c1-21-12(20)10-8(11-17-6-3-7-18-11)4-2-5-9(19-10)13(14,15)16/h2-4,6-7H,5H2,1H3. The predicted octanol–water partition coefficient (Wildman–Crippen LogP) is 2.79. The van der Waals surface area contributed by atoms with E-state index in [9.17, 15) is 13.6 Å². The maximum atomic E-state index is 13.5. The molecule has 0 saturated heterocycles. The van der Waals surface area contributed by atoms with E-state index in [1.807, 2.05) is 0 Å².